The van der Waals surface area contributed by atoms with Gasteiger partial charge in [0.2, 0.25) is 0 Å². The molecule has 13 heavy (non-hydrogen) atoms. The lowest BCUT2D eigenvalue weighted by atomic mass is 10.3. The van der Waals surface area contributed by atoms with E-state index in [2.05, 4.69) is 10.3 Å². The lowest BCUT2D eigenvalue weighted by Crippen LogP contribution is -2.20. The van der Waals surface area contributed by atoms with Gasteiger partial charge in [-0.1, -0.05) is 0 Å². The molecule has 0 aliphatic rings. The van der Waals surface area contributed by atoms with E-state index in [1.165, 1.54) is 11.3 Å². The number of nitrogens with one attached hydrogen (secondary N) is 1. The van der Waals surface area contributed by atoms with E-state index in [1.54, 1.807) is 11.4 Å². The van der Waals surface area contributed by atoms with Crippen LogP contribution in [-0.2, 0) is 0 Å². The minimum Gasteiger partial charge on any atom is -0.354 e. The van der Waals surface area contributed by atoms with Crippen LogP contribution < -0.4 is 5.32 Å². The number of hydrogen-bond acceptors (Lipinski definition) is 3. The molecule has 4 nitrogen and oxygen atoms in total. The minimum absolute atomic E-state index is 0.0941. The second-order valence-electron chi connectivity index (χ2n) is 2.68. The molecule has 2 rings (SSSR count). The molecule has 0 aromatic carbocycles. The molecular formula is C8H9N3OS. The Balaban J connectivity index is 2.70. The SMILES string of the molecule is CNC(=O)c1c(C)nc2sccn12. The summed E-state index contributed by atoms with van der Waals surface area (Å²) in [5.41, 5.74) is 1.39. The minimum atomic E-state index is -0.0941. The molecule has 0 saturated heterocycles. The number of aromatic nitrogens is 2. The number of imidazole rings is 1. The average Bonchev–Trinajstić information content (AvgIpc) is 2.62. The molecule has 0 saturated carbocycles. The predicted octanol–water partition coefficient (Wildman–Crippen LogP) is 1.06. The Morgan fingerprint density at radius 3 is 3.15 bits per heavy atom. The predicted molar refractivity (Wildman–Crippen MR) is 51.2 cm³/mol. The van der Waals surface area contributed by atoms with Gasteiger partial charge < -0.3 is 5.32 Å². The molecule has 0 aliphatic carbocycles. The molecule has 0 bridgehead atoms. The van der Waals surface area contributed by atoms with Crippen LogP contribution in [0.2, 0.25) is 0 Å². The number of nitrogens with zero attached hydrogens (tertiary/aromatic N) is 2. The zero-order valence-electron chi connectivity index (χ0n) is 7.37. The third-order valence-corrected chi connectivity index (χ3v) is 2.64. The first-order valence-electron chi connectivity index (χ1n) is 3.88. The number of rotatable bonds is 1. The molecule has 5 heteroatoms. The van der Waals surface area contributed by atoms with Crippen molar-refractivity contribution in [3.8, 4) is 0 Å². The molecule has 1 N–H and O–H groups in total. The van der Waals surface area contributed by atoms with Crippen molar-refractivity contribution in [1.82, 2.24) is 14.7 Å². The van der Waals surface area contributed by atoms with Crippen LogP contribution in [0.5, 0.6) is 0 Å². The van der Waals surface area contributed by atoms with Gasteiger partial charge in [0.15, 0.2) is 4.96 Å². The first kappa shape index (κ1) is 8.25. The van der Waals surface area contributed by atoms with Crippen LogP contribution in [0.25, 0.3) is 4.96 Å². The second kappa shape index (κ2) is 2.85. The molecule has 0 aliphatic heterocycles. The van der Waals surface area contributed by atoms with Crippen molar-refractivity contribution in [2.75, 3.05) is 7.05 Å². The van der Waals surface area contributed by atoms with Crippen molar-refractivity contribution in [1.29, 1.82) is 0 Å². The summed E-state index contributed by atoms with van der Waals surface area (Å²) in [6.07, 6.45) is 1.85. The van der Waals surface area contributed by atoms with Crippen molar-refractivity contribution in [3.05, 3.63) is 23.0 Å². The Labute approximate surface area is 79.2 Å². The van der Waals surface area contributed by atoms with E-state index in [1.807, 2.05) is 18.5 Å². The van der Waals surface area contributed by atoms with Crippen LogP contribution >= 0.6 is 11.3 Å². The van der Waals surface area contributed by atoms with Gasteiger partial charge in [-0.25, -0.2) is 4.98 Å². The van der Waals surface area contributed by atoms with Crippen LogP contribution in [-0.4, -0.2) is 22.3 Å². The van der Waals surface area contributed by atoms with Gasteiger partial charge in [0.25, 0.3) is 5.91 Å². The number of thiazole rings is 1. The normalized spacial score (nSPS) is 10.6. The molecule has 0 fully saturated rings. The van der Waals surface area contributed by atoms with Crippen LogP contribution in [0, 0.1) is 6.92 Å². The molecular weight excluding hydrogens is 186 g/mol. The third kappa shape index (κ3) is 1.12. The van der Waals surface area contributed by atoms with Gasteiger partial charge in [-0.3, -0.25) is 9.20 Å². The van der Waals surface area contributed by atoms with Crippen LogP contribution in [0.3, 0.4) is 0 Å². The molecule has 0 spiro atoms. The van der Waals surface area contributed by atoms with Crippen LogP contribution in [0.15, 0.2) is 11.6 Å². The van der Waals surface area contributed by atoms with Gasteiger partial charge in [-0.15, -0.1) is 11.3 Å². The highest BCUT2D eigenvalue weighted by molar-refractivity contribution is 7.15. The van der Waals surface area contributed by atoms with Crippen molar-refractivity contribution in [2.45, 2.75) is 6.92 Å². The highest BCUT2D eigenvalue weighted by Gasteiger charge is 2.15. The maximum atomic E-state index is 11.4. The van der Waals surface area contributed by atoms with E-state index < -0.39 is 0 Å². The fourth-order valence-electron chi connectivity index (χ4n) is 1.29. The standard InChI is InChI=1S/C8H9N3OS/c1-5-6(7(12)9-2)11-3-4-13-8(11)10-5/h3-4H,1-2H3,(H,9,12). The topological polar surface area (TPSA) is 46.4 Å². The first-order chi connectivity index (χ1) is 6.24. The van der Waals surface area contributed by atoms with Gasteiger partial charge in [0.05, 0.1) is 5.69 Å². The highest BCUT2D eigenvalue weighted by Crippen LogP contribution is 2.16. The molecule has 1 amide bonds. The largest absolute Gasteiger partial charge is 0.354 e. The lowest BCUT2D eigenvalue weighted by Gasteiger charge is -1.97. The summed E-state index contributed by atoms with van der Waals surface area (Å²) < 4.78 is 1.80. The van der Waals surface area contributed by atoms with Crippen molar-refractivity contribution in [2.24, 2.45) is 0 Å². The fraction of sp³-hybridized carbons (Fsp3) is 0.250. The maximum absolute atomic E-state index is 11.4. The molecule has 2 aromatic heterocycles. The molecule has 0 atom stereocenters. The van der Waals surface area contributed by atoms with Gasteiger partial charge in [-0.05, 0) is 6.92 Å². The Hall–Kier alpha value is -1.36. The molecule has 2 heterocycles. The van der Waals surface area contributed by atoms with E-state index in [-0.39, 0.29) is 5.91 Å². The molecule has 68 valence electrons. The van der Waals surface area contributed by atoms with Crippen molar-refractivity contribution >= 4 is 22.2 Å². The Kier molecular flexibility index (Phi) is 1.81. The number of carbonyl (C=O) groups is 1. The van der Waals surface area contributed by atoms with E-state index in [0.717, 1.165) is 10.7 Å². The van der Waals surface area contributed by atoms with Crippen LogP contribution in [0.4, 0.5) is 0 Å². The average molecular weight is 195 g/mol. The van der Waals surface area contributed by atoms with Gasteiger partial charge in [0, 0.05) is 18.6 Å². The summed E-state index contributed by atoms with van der Waals surface area (Å²) in [6.45, 7) is 1.84. The first-order valence-corrected chi connectivity index (χ1v) is 4.76. The van der Waals surface area contributed by atoms with Gasteiger partial charge in [0.1, 0.15) is 5.69 Å². The van der Waals surface area contributed by atoms with E-state index in [4.69, 9.17) is 0 Å². The second-order valence-corrected chi connectivity index (χ2v) is 3.55. The van der Waals surface area contributed by atoms with Gasteiger partial charge >= 0.3 is 0 Å². The fourth-order valence-corrected chi connectivity index (χ4v) is 2.05. The van der Waals surface area contributed by atoms with Crippen molar-refractivity contribution < 1.29 is 4.79 Å². The maximum Gasteiger partial charge on any atom is 0.269 e. The summed E-state index contributed by atoms with van der Waals surface area (Å²) in [7, 11) is 1.62. The zero-order valence-corrected chi connectivity index (χ0v) is 8.18. The number of carbonyl (C=O) groups excluding carboxylic acids is 1. The summed E-state index contributed by atoms with van der Waals surface area (Å²) in [4.78, 5) is 16.6. The van der Waals surface area contributed by atoms with E-state index in [0.29, 0.717) is 5.69 Å². The molecule has 2 aromatic rings. The van der Waals surface area contributed by atoms with E-state index in [9.17, 15) is 4.79 Å². The summed E-state index contributed by atoms with van der Waals surface area (Å²) in [6, 6.07) is 0. The summed E-state index contributed by atoms with van der Waals surface area (Å²) in [5.74, 6) is -0.0941. The number of amides is 1. The van der Waals surface area contributed by atoms with Crippen molar-refractivity contribution in [3.63, 3.8) is 0 Å². The summed E-state index contributed by atoms with van der Waals surface area (Å²) in [5, 5.41) is 4.51. The quantitative estimate of drug-likeness (QED) is 0.739. The Bertz CT molecular complexity index is 457. The lowest BCUT2D eigenvalue weighted by molar-refractivity contribution is 0.0956. The Morgan fingerprint density at radius 2 is 2.46 bits per heavy atom. The smallest absolute Gasteiger partial charge is 0.269 e. The number of hydrogen-bond donors (Lipinski definition) is 1. The third-order valence-electron chi connectivity index (χ3n) is 1.88. The monoisotopic (exact) mass is 195 g/mol. The van der Waals surface area contributed by atoms with Gasteiger partial charge in [-0.2, -0.15) is 0 Å². The number of aryl methyl sites for hydroxylation is 1. The number of fused-ring (bicyclic) bond motifs is 1. The molecule has 0 radical (unpaired) electrons. The summed E-state index contributed by atoms with van der Waals surface area (Å²) >= 11 is 1.52. The zero-order chi connectivity index (χ0) is 9.42. The van der Waals surface area contributed by atoms with Crippen LogP contribution in [0.1, 0.15) is 16.2 Å². The Morgan fingerprint density at radius 1 is 1.69 bits per heavy atom. The molecule has 0 unspecified atom stereocenters. The van der Waals surface area contributed by atoms with E-state index >= 15 is 0 Å². The highest BCUT2D eigenvalue weighted by atomic mass is 32.1.